The number of hydrogen-bond donors (Lipinski definition) is 3. The minimum absolute atomic E-state index is 0.00472. The molecule has 0 radical (unpaired) electrons. The Morgan fingerprint density at radius 2 is 1.94 bits per heavy atom. The molecule has 1 aromatic carbocycles. The second-order valence-electron chi connectivity index (χ2n) is 8.26. The number of benzene rings is 1. The van der Waals surface area contributed by atoms with Crippen LogP contribution in [0.25, 0.3) is 11.4 Å². The molecule has 1 aromatic heterocycles. The van der Waals surface area contributed by atoms with Gasteiger partial charge in [0.25, 0.3) is 5.89 Å². The van der Waals surface area contributed by atoms with Gasteiger partial charge in [-0.05, 0) is 24.6 Å². The number of nitrogens with two attached hydrogens (primary N) is 2. The summed E-state index contributed by atoms with van der Waals surface area (Å²) in [5.74, 6) is -0.122. The van der Waals surface area contributed by atoms with Crippen LogP contribution < -0.4 is 16.2 Å². The van der Waals surface area contributed by atoms with Gasteiger partial charge in [0.15, 0.2) is 6.04 Å². The van der Waals surface area contributed by atoms with Crippen LogP contribution in [0.3, 0.4) is 0 Å². The van der Waals surface area contributed by atoms with Gasteiger partial charge < -0.3 is 14.4 Å². The molecule has 1 fully saturated rings. The van der Waals surface area contributed by atoms with Crippen LogP contribution in [0.4, 0.5) is 13.2 Å². The third kappa shape index (κ3) is 6.37. The zero-order valence-corrected chi connectivity index (χ0v) is 18.6. The SMILES string of the molecule is CCCCCCCCOc1ccc(-c2noc([C@@H]3C[C@@H](O)C[N+]3=C(N)N)n2)cc1C(F)(F)F. The summed E-state index contributed by atoms with van der Waals surface area (Å²) < 4.78 is 53.3. The monoisotopic (exact) mass is 470 g/mol. The third-order valence-corrected chi connectivity index (χ3v) is 5.64. The predicted octanol–water partition coefficient (Wildman–Crippen LogP) is 3.59. The van der Waals surface area contributed by atoms with E-state index in [4.69, 9.17) is 20.7 Å². The summed E-state index contributed by atoms with van der Waals surface area (Å²) in [6.45, 7) is 2.55. The number of halogens is 3. The van der Waals surface area contributed by atoms with Gasteiger partial charge in [0.05, 0.1) is 24.8 Å². The van der Waals surface area contributed by atoms with Gasteiger partial charge in [0.1, 0.15) is 5.75 Å². The quantitative estimate of drug-likeness (QED) is 0.275. The fourth-order valence-electron chi connectivity index (χ4n) is 3.90. The molecule has 0 spiro atoms. The van der Waals surface area contributed by atoms with E-state index in [0.717, 1.165) is 38.2 Å². The van der Waals surface area contributed by atoms with Crippen molar-refractivity contribution in [3.63, 3.8) is 0 Å². The second-order valence-corrected chi connectivity index (χ2v) is 8.26. The molecule has 0 saturated carbocycles. The van der Waals surface area contributed by atoms with Gasteiger partial charge in [-0.3, -0.25) is 16.0 Å². The van der Waals surface area contributed by atoms with E-state index in [2.05, 4.69) is 17.1 Å². The van der Waals surface area contributed by atoms with Crippen LogP contribution in [-0.2, 0) is 6.18 Å². The fourth-order valence-corrected chi connectivity index (χ4v) is 3.90. The van der Waals surface area contributed by atoms with Gasteiger partial charge in [0, 0.05) is 12.0 Å². The highest BCUT2D eigenvalue weighted by Gasteiger charge is 2.38. The molecule has 2 heterocycles. The van der Waals surface area contributed by atoms with Crippen molar-refractivity contribution < 1.29 is 32.1 Å². The number of hydrogen-bond acceptors (Lipinski definition) is 5. The van der Waals surface area contributed by atoms with Crippen molar-refractivity contribution in [3.05, 3.63) is 29.7 Å². The Hall–Kier alpha value is -2.82. The number of guanidine groups is 1. The Balaban J connectivity index is 1.74. The maximum atomic E-state index is 13.7. The highest BCUT2D eigenvalue weighted by Crippen LogP contribution is 2.39. The normalized spacial score (nSPS) is 18.6. The van der Waals surface area contributed by atoms with Crippen LogP contribution in [0.1, 0.15) is 69.4 Å². The number of aliphatic hydroxyl groups is 1. The summed E-state index contributed by atoms with van der Waals surface area (Å²) in [4.78, 5) is 4.23. The molecular weight excluding hydrogens is 439 g/mol. The molecule has 182 valence electrons. The summed E-state index contributed by atoms with van der Waals surface area (Å²) >= 11 is 0. The zero-order chi connectivity index (χ0) is 24.0. The van der Waals surface area contributed by atoms with Crippen molar-refractivity contribution >= 4 is 5.96 Å². The molecule has 11 heteroatoms. The number of unbranched alkanes of at least 4 members (excludes halogenated alkanes) is 5. The van der Waals surface area contributed by atoms with Crippen molar-refractivity contribution in [1.29, 1.82) is 0 Å². The largest absolute Gasteiger partial charge is 0.493 e. The standard InChI is InChI=1S/C22H30F3N5O3/c1-2-3-4-5-6-7-10-32-18-9-8-14(11-16(18)22(23,24)25)19-28-20(33-29-19)17-12-15(31)13-30(17)21(26)27/h8-9,11,15,17,31H,2-7,10,12-13H2,1H3,(H3,26,27)/p+1/t15-,17+/m1/s1. The highest BCUT2D eigenvalue weighted by atomic mass is 19.4. The van der Waals surface area contributed by atoms with E-state index in [9.17, 15) is 18.3 Å². The van der Waals surface area contributed by atoms with E-state index >= 15 is 0 Å². The Kier molecular flexibility index (Phi) is 8.17. The molecule has 1 aliphatic rings. The highest BCUT2D eigenvalue weighted by molar-refractivity contribution is 5.70. The molecular formula is C22H31F3N5O3+. The number of aromatic nitrogens is 2. The average molecular weight is 471 g/mol. The first kappa shape index (κ1) is 24.8. The minimum Gasteiger partial charge on any atom is -0.493 e. The lowest BCUT2D eigenvalue weighted by Gasteiger charge is -2.14. The Labute approximate surface area is 190 Å². The third-order valence-electron chi connectivity index (χ3n) is 5.64. The van der Waals surface area contributed by atoms with Crippen molar-refractivity contribution in [1.82, 2.24) is 10.1 Å². The number of aliphatic hydroxyl groups excluding tert-OH is 1. The second kappa shape index (κ2) is 10.9. The summed E-state index contributed by atoms with van der Waals surface area (Å²) in [6.07, 6.45) is 1.06. The average Bonchev–Trinajstić information content (AvgIpc) is 3.39. The van der Waals surface area contributed by atoms with E-state index in [-0.39, 0.29) is 48.6 Å². The van der Waals surface area contributed by atoms with Crippen LogP contribution in [0.5, 0.6) is 5.75 Å². The minimum atomic E-state index is -4.60. The zero-order valence-electron chi connectivity index (χ0n) is 18.6. The van der Waals surface area contributed by atoms with E-state index < -0.39 is 23.9 Å². The van der Waals surface area contributed by atoms with Crippen LogP contribution in [-0.4, -0.2) is 45.0 Å². The number of nitrogens with zero attached hydrogens (tertiary/aromatic N) is 3. The van der Waals surface area contributed by atoms with E-state index in [1.165, 1.54) is 16.7 Å². The molecule has 0 bridgehead atoms. The molecule has 33 heavy (non-hydrogen) atoms. The lowest BCUT2D eigenvalue weighted by molar-refractivity contribution is -0.557. The summed E-state index contributed by atoms with van der Waals surface area (Å²) in [5.41, 5.74) is 10.5. The molecule has 8 nitrogen and oxygen atoms in total. The first-order valence-corrected chi connectivity index (χ1v) is 11.2. The molecule has 1 saturated heterocycles. The molecule has 2 atom stereocenters. The van der Waals surface area contributed by atoms with E-state index in [0.29, 0.717) is 6.42 Å². The lowest BCUT2D eigenvalue weighted by Crippen LogP contribution is -2.36. The van der Waals surface area contributed by atoms with Crippen molar-refractivity contribution in [2.24, 2.45) is 11.5 Å². The molecule has 2 aromatic rings. The van der Waals surface area contributed by atoms with E-state index in [1.54, 1.807) is 0 Å². The molecule has 3 rings (SSSR count). The lowest BCUT2D eigenvalue weighted by atomic mass is 10.1. The number of ether oxygens (including phenoxy) is 1. The van der Waals surface area contributed by atoms with Crippen LogP contribution in [0.2, 0.25) is 0 Å². The topological polar surface area (TPSA) is 123 Å². The van der Waals surface area contributed by atoms with Crippen LogP contribution in [0, 0.1) is 0 Å². The Morgan fingerprint density at radius 1 is 1.21 bits per heavy atom. The van der Waals surface area contributed by atoms with Gasteiger partial charge in [-0.15, -0.1) is 0 Å². The number of β-amino-alcohol motifs (C(OH)–C–C–N with tert-alkyl or cyclic N) is 1. The Bertz CT molecular complexity index is 957. The predicted molar refractivity (Wildman–Crippen MR) is 115 cm³/mol. The van der Waals surface area contributed by atoms with Crippen molar-refractivity contribution in [2.45, 2.75) is 70.2 Å². The molecule has 0 aliphatic carbocycles. The maximum Gasteiger partial charge on any atom is 0.419 e. The smallest absolute Gasteiger partial charge is 0.419 e. The Morgan fingerprint density at radius 3 is 2.64 bits per heavy atom. The van der Waals surface area contributed by atoms with Gasteiger partial charge in [-0.1, -0.05) is 44.2 Å². The molecule has 5 N–H and O–H groups in total. The molecule has 1 aliphatic heterocycles. The van der Waals surface area contributed by atoms with Gasteiger partial charge >= 0.3 is 12.1 Å². The van der Waals surface area contributed by atoms with Gasteiger partial charge in [0.2, 0.25) is 5.82 Å². The van der Waals surface area contributed by atoms with Crippen molar-refractivity contribution in [3.8, 4) is 17.1 Å². The summed E-state index contributed by atoms with van der Waals surface area (Å²) in [6, 6.07) is 3.15. The molecule has 0 amide bonds. The first-order valence-electron chi connectivity index (χ1n) is 11.2. The van der Waals surface area contributed by atoms with Crippen LogP contribution in [0.15, 0.2) is 22.7 Å². The fraction of sp³-hybridized carbons (Fsp3) is 0.591. The van der Waals surface area contributed by atoms with Crippen LogP contribution >= 0.6 is 0 Å². The van der Waals surface area contributed by atoms with Crippen molar-refractivity contribution in [2.75, 3.05) is 13.2 Å². The van der Waals surface area contributed by atoms with Gasteiger partial charge in [-0.25, -0.2) is 0 Å². The maximum absolute atomic E-state index is 13.7. The molecule has 0 unspecified atom stereocenters. The summed E-state index contributed by atoms with van der Waals surface area (Å²) in [7, 11) is 0. The first-order chi connectivity index (χ1) is 15.7. The summed E-state index contributed by atoms with van der Waals surface area (Å²) in [5, 5.41) is 13.7. The number of rotatable bonds is 10. The number of alkyl halides is 3. The van der Waals surface area contributed by atoms with E-state index in [1.807, 2.05) is 0 Å². The van der Waals surface area contributed by atoms with Gasteiger partial charge in [-0.2, -0.15) is 18.2 Å².